The molecule has 0 atom stereocenters. The summed E-state index contributed by atoms with van der Waals surface area (Å²) in [5.41, 5.74) is 0.974. The Kier molecular flexibility index (Phi) is 4.74. The molecule has 0 aliphatic rings. The Morgan fingerprint density at radius 3 is 2.95 bits per heavy atom. The average Bonchev–Trinajstić information content (AvgIpc) is 2.78. The summed E-state index contributed by atoms with van der Waals surface area (Å²) >= 11 is 1.50. The second kappa shape index (κ2) is 6.52. The molecule has 0 aliphatic heterocycles. The lowest BCUT2D eigenvalue weighted by molar-refractivity contribution is -0.117. The lowest BCUT2D eigenvalue weighted by atomic mass is 10.3. The van der Waals surface area contributed by atoms with Crippen molar-refractivity contribution in [2.45, 2.75) is 26.8 Å². The Morgan fingerprint density at radius 2 is 2.30 bits per heavy atom. The minimum absolute atomic E-state index is 0.118. The molecule has 0 fully saturated rings. The minimum atomic E-state index is -0.118. The maximum Gasteiger partial charge on any atom is 0.248 e. The van der Waals surface area contributed by atoms with Gasteiger partial charge in [-0.1, -0.05) is 30.4 Å². The summed E-state index contributed by atoms with van der Waals surface area (Å²) in [5, 5.41) is 0. The Labute approximate surface area is 122 Å². The third-order valence-electron chi connectivity index (χ3n) is 2.80. The van der Waals surface area contributed by atoms with E-state index in [1.54, 1.807) is 6.08 Å². The van der Waals surface area contributed by atoms with Gasteiger partial charge in [0, 0.05) is 13.0 Å². The van der Waals surface area contributed by atoms with Crippen LogP contribution in [0.15, 0.2) is 35.8 Å². The van der Waals surface area contributed by atoms with Crippen LogP contribution >= 0.6 is 11.3 Å². The Morgan fingerprint density at radius 1 is 1.50 bits per heavy atom. The number of thiazole rings is 1. The first-order valence-corrected chi connectivity index (χ1v) is 7.46. The normalized spacial score (nSPS) is 11.8. The van der Waals surface area contributed by atoms with Crippen LogP contribution in [0.3, 0.4) is 0 Å². The molecule has 1 amide bonds. The molecule has 5 heteroatoms. The molecule has 1 aromatic heterocycles. The van der Waals surface area contributed by atoms with Gasteiger partial charge in [-0.25, -0.2) is 0 Å². The summed E-state index contributed by atoms with van der Waals surface area (Å²) in [4.78, 5) is 16.5. The predicted molar refractivity (Wildman–Crippen MR) is 82.0 cm³/mol. The zero-order valence-corrected chi connectivity index (χ0v) is 12.6. The molecule has 20 heavy (non-hydrogen) atoms. The molecular weight excluding hydrogens is 272 g/mol. The van der Waals surface area contributed by atoms with E-state index in [4.69, 9.17) is 4.74 Å². The molecule has 0 bridgehead atoms. The van der Waals surface area contributed by atoms with Crippen molar-refractivity contribution in [2.75, 3.05) is 6.61 Å². The second-order valence-corrected chi connectivity index (χ2v) is 5.19. The van der Waals surface area contributed by atoms with Crippen molar-refractivity contribution in [1.82, 2.24) is 4.57 Å². The first-order chi connectivity index (χ1) is 9.71. The third-order valence-corrected chi connectivity index (χ3v) is 3.84. The zero-order valence-electron chi connectivity index (χ0n) is 11.8. The van der Waals surface area contributed by atoms with Gasteiger partial charge in [-0.2, -0.15) is 4.99 Å². The predicted octanol–water partition coefficient (Wildman–Crippen LogP) is 3.12. The molecule has 0 saturated carbocycles. The molecule has 0 N–H and O–H groups in total. The average molecular weight is 290 g/mol. The molecule has 0 spiro atoms. The number of benzene rings is 1. The van der Waals surface area contributed by atoms with E-state index < -0.39 is 0 Å². The summed E-state index contributed by atoms with van der Waals surface area (Å²) < 4.78 is 8.71. The largest absolute Gasteiger partial charge is 0.492 e. The van der Waals surface area contributed by atoms with E-state index in [1.165, 1.54) is 11.3 Å². The van der Waals surface area contributed by atoms with Crippen LogP contribution in [-0.4, -0.2) is 17.1 Å². The number of fused-ring (bicyclic) bond motifs is 1. The monoisotopic (exact) mass is 290 g/mol. The number of ether oxygens (including phenoxy) is 1. The lowest BCUT2D eigenvalue weighted by Gasteiger charge is -2.07. The molecule has 1 heterocycles. The van der Waals surface area contributed by atoms with E-state index in [0.717, 1.165) is 16.0 Å². The Hall–Kier alpha value is -1.88. The van der Waals surface area contributed by atoms with Crippen molar-refractivity contribution in [3.8, 4) is 5.75 Å². The summed E-state index contributed by atoms with van der Waals surface area (Å²) in [6, 6.07) is 5.90. The van der Waals surface area contributed by atoms with Crippen LogP contribution in [0.2, 0.25) is 0 Å². The van der Waals surface area contributed by atoms with Crippen LogP contribution in [0.1, 0.15) is 20.3 Å². The molecule has 2 rings (SSSR count). The fourth-order valence-corrected chi connectivity index (χ4v) is 3.01. The topological polar surface area (TPSA) is 43.6 Å². The van der Waals surface area contributed by atoms with E-state index in [-0.39, 0.29) is 5.91 Å². The highest BCUT2D eigenvalue weighted by Gasteiger charge is 2.11. The lowest BCUT2D eigenvalue weighted by Crippen LogP contribution is -2.16. The maximum absolute atomic E-state index is 11.6. The van der Waals surface area contributed by atoms with Crippen molar-refractivity contribution >= 4 is 27.5 Å². The standard InChI is InChI=1S/C15H18N2O2S/c1-4-10-17-14-11(19-6-3)8-7-9-12(14)20-15(17)16-13(18)5-2/h4,7-9H,1,5-6,10H2,2-3H3. The number of nitrogens with zero attached hydrogens (tertiary/aromatic N) is 2. The van der Waals surface area contributed by atoms with Crippen LogP contribution in [0.4, 0.5) is 0 Å². The van der Waals surface area contributed by atoms with Crippen molar-refractivity contribution in [2.24, 2.45) is 4.99 Å². The summed E-state index contributed by atoms with van der Waals surface area (Å²) in [7, 11) is 0. The Balaban J connectivity index is 2.73. The second-order valence-electron chi connectivity index (χ2n) is 4.18. The quantitative estimate of drug-likeness (QED) is 0.794. The summed E-state index contributed by atoms with van der Waals surface area (Å²) in [6.07, 6.45) is 2.20. The molecule has 106 valence electrons. The van der Waals surface area contributed by atoms with E-state index >= 15 is 0 Å². The molecule has 0 saturated heterocycles. The van der Waals surface area contributed by atoms with E-state index in [9.17, 15) is 4.79 Å². The van der Waals surface area contributed by atoms with Crippen molar-refractivity contribution in [3.63, 3.8) is 0 Å². The summed E-state index contributed by atoms with van der Waals surface area (Å²) in [5.74, 6) is 0.695. The highest BCUT2D eigenvalue weighted by molar-refractivity contribution is 7.16. The fourth-order valence-electron chi connectivity index (χ4n) is 1.94. The molecular formula is C15H18N2O2S. The van der Waals surface area contributed by atoms with Crippen LogP contribution in [-0.2, 0) is 11.3 Å². The van der Waals surface area contributed by atoms with Gasteiger partial charge in [-0.3, -0.25) is 4.79 Å². The number of carbonyl (C=O) groups excluding carboxylic acids is 1. The van der Waals surface area contributed by atoms with Gasteiger partial charge in [0.1, 0.15) is 11.3 Å². The minimum Gasteiger partial charge on any atom is -0.492 e. The number of amides is 1. The van der Waals surface area contributed by atoms with Gasteiger partial charge in [0.25, 0.3) is 0 Å². The zero-order chi connectivity index (χ0) is 14.5. The molecule has 0 aliphatic carbocycles. The highest BCUT2D eigenvalue weighted by Crippen LogP contribution is 2.27. The number of carbonyl (C=O) groups is 1. The van der Waals surface area contributed by atoms with Crippen LogP contribution in [0.5, 0.6) is 5.75 Å². The SMILES string of the molecule is C=CCn1c(=NC(=O)CC)sc2cccc(OCC)c21. The smallest absolute Gasteiger partial charge is 0.248 e. The van der Waals surface area contributed by atoms with E-state index in [1.807, 2.05) is 36.6 Å². The van der Waals surface area contributed by atoms with Gasteiger partial charge in [-0.05, 0) is 19.1 Å². The maximum atomic E-state index is 11.6. The van der Waals surface area contributed by atoms with Crippen LogP contribution in [0.25, 0.3) is 10.2 Å². The molecule has 4 nitrogen and oxygen atoms in total. The third kappa shape index (κ3) is 2.82. The molecule has 0 unspecified atom stereocenters. The number of aromatic nitrogens is 1. The van der Waals surface area contributed by atoms with Gasteiger partial charge in [0.05, 0.1) is 11.3 Å². The first-order valence-electron chi connectivity index (χ1n) is 6.64. The number of para-hydroxylation sites is 1. The van der Waals surface area contributed by atoms with Gasteiger partial charge in [0.15, 0.2) is 4.80 Å². The number of rotatable bonds is 5. The Bertz CT molecular complexity index is 697. The molecule has 0 radical (unpaired) electrons. The van der Waals surface area contributed by atoms with Gasteiger partial charge < -0.3 is 9.30 Å². The van der Waals surface area contributed by atoms with Crippen molar-refractivity contribution in [3.05, 3.63) is 35.7 Å². The first kappa shape index (κ1) is 14.5. The summed E-state index contributed by atoms with van der Waals surface area (Å²) in [6.45, 7) is 8.73. The van der Waals surface area contributed by atoms with E-state index in [0.29, 0.717) is 24.4 Å². The fraction of sp³-hybridized carbons (Fsp3) is 0.333. The van der Waals surface area contributed by atoms with Crippen LogP contribution < -0.4 is 9.54 Å². The van der Waals surface area contributed by atoms with Crippen molar-refractivity contribution in [1.29, 1.82) is 0 Å². The van der Waals surface area contributed by atoms with E-state index in [2.05, 4.69) is 11.6 Å². The number of hydrogen-bond acceptors (Lipinski definition) is 3. The van der Waals surface area contributed by atoms with Gasteiger partial charge >= 0.3 is 0 Å². The van der Waals surface area contributed by atoms with Gasteiger partial charge in [-0.15, -0.1) is 6.58 Å². The molecule has 1 aromatic carbocycles. The number of allylic oxidation sites excluding steroid dienone is 1. The molecule has 2 aromatic rings. The number of hydrogen-bond donors (Lipinski definition) is 0. The van der Waals surface area contributed by atoms with Crippen molar-refractivity contribution < 1.29 is 9.53 Å². The van der Waals surface area contributed by atoms with Crippen LogP contribution in [0, 0.1) is 0 Å². The van der Waals surface area contributed by atoms with Gasteiger partial charge in [0.2, 0.25) is 5.91 Å². The highest BCUT2D eigenvalue weighted by atomic mass is 32.1.